The zero-order chi connectivity index (χ0) is 18.4. The summed E-state index contributed by atoms with van der Waals surface area (Å²) in [5, 5.41) is 6.39. The molecular weight excluding hydrogens is 328 g/mol. The van der Waals surface area contributed by atoms with Gasteiger partial charge in [-0.05, 0) is 31.2 Å². The van der Waals surface area contributed by atoms with Crippen molar-refractivity contribution >= 4 is 23.2 Å². The van der Waals surface area contributed by atoms with Crippen molar-refractivity contribution in [3.05, 3.63) is 71.9 Å². The number of anilines is 3. The van der Waals surface area contributed by atoms with E-state index in [0.29, 0.717) is 23.9 Å². The number of methoxy groups -OCH3 is 1. The lowest BCUT2D eigenvalue weighted by Crippen LogP contribution is -2.05. The minimum atomic E-state index is 0.0156. The van der Waals surface area contributed by atoms with Crippen LogP contribution in [0.15, 0.2) is 60.8 Å². The highest BCUT2D eigenvalue weighted by Crippen LogP contribution is 2.19. The lowest BCUT2D eigenvalue weighted by molar-refractivity contribution is 0.101. The van der Waals surface area contributed by atoms with Gasteiger partial charge in [-0.2, -0.15) is 4.98 Å². The number of hydrogen-bond acceptors (Lipinski definition) is 6. The van der Waals surface area contributed by atoms with Crippen molar-refractivity contribution < 1.29 is 9.53 Å². The Morgan fingerprint density at radius 2 is 1.96 bits per heavy atom. The van der Waals surface area contributed by atoms with Crippen LogP contribution in [0, 0.1) is 0 Å². The van der Waals surface area contributed by atoms with E-state index < -0.39 is 0 Å². The summed E-state index contributed by atoms with van der Waals surface area (Å²) >= 11 is 0. The van der Waals surface area contributed by atoms with Crippen molar-refractivity contribution in [2.24, 2.45) is 0 Å². The molecule has 6 nitrogen and oxygen atoms in total. The van der Waals surface area contributed by atoms with E-state index in [1.165, 1.54) is 6.92 Å². The van der Waals surface area contributed by atoms with Crippen molar-refractivity contribution in [1.29, 1.82) is 0 Å². The molecule has 2 aromatic carbocycles. The zero-order valence-corrected chi connectivity index (χ0v) is 14.7. The van der Waals surface area contributed by atoms with Crippen molar-refractivity contribution in [3.8, 4) is 5.75 Å². The maximum Gasteiger partial charge on any atom is 0.229 e. The van der Waals surface area contributed by atoms with E-state index in [9.17, 15) is 4.79 Å². The predicted molar refractivity (Wildman–Crippen MR) is 102 cm³/mol. The maximum absolute atomic E-state index is 11.5. The molecule has 0 saturated carbocycles. The minimum Gasteiger partial charge on any atom is -0.496 e. The van der Waals surface area contributed by atoms with Crippen molar-refractivity contribution in [3.63, 3.8) is 0 Å². The highest BCUT2D eigenvalue weighted by molar-refractivity contribution is 5.95. The van der Waals surface area contributed by atoms with Gasteiger partial charge in [0, 0.05) is 29.6 Å². The van der Waals surface area contributed by atoms with Crippen LogP contribution in [0.5, 0.6) is 5.75 Å². The van der Waals surface area contributed by atoms with Gasteiger partial charge in [0.15, 0.2) is 5.78 Å². The average Bonchev–Trinajstić information content (AvgIpc) is 2.67. The first-order valence-electron chi connectivity index (χ1n) is 8.22. The van der Waals surface area contributed by atoms with Crippen LogP contribution in [0.4, 0.5) is 17.5 Å². The van der Waals surface area contributed by atoms with E-state index in [1.54, 1.807) is 31.5 Å². The molecule has 0 bridgehead atoms. The minimum absolute atomic E-state index is 0.0156. The third-order valence-electron chi connectivity index (χ3n) is 3.83. The number of para-hydroxylation sites is 1. The number of nitrogens with one attached hydrogen (secondary N) is 2. The summed E-state index contributed by atoms with van der Waals surface area (Å²) in [6.07, 6.45) is 1.68. The quantitative estimate of drug-likeness (QED) is 0.628. The Hall–Kier alpha value is -3.41. The molecule has 26 heavy (non-hydrogen) atoms. The molecule has 0 radical (unpaired) electrons. The molecular formula is C20H20N4O2. The molecule has 0 spiro atoms. The van der Waals surface area contributed by atoms with E-state index in [2.05, 4.69) is 20.6 Å². The molecule has 1 heterocycles. The van der Waals surface area contributed by atoms with Crippen molar-refractivity contribution in [2.75, 3.05) is 17.7 Å². The highest BCUT2D eigenvalue weighted by atomic mass is 16.5. The fourth-order valence-corrected chi connectivity index (χ4v) is 2.50. The van der Waals surface area contributed by atoms with E-state index in [4.69, 9.17) is 4.74 Å². The van der Waals surface area contributed by atoms with Gasteiger partial charge in [0.2, 0.25) is 5.95 Å². The number of ether oxygens (including phenoxy) is 1. The van der Waals surface area contributed by atoms with Crippen LogP contribution in [-0.2, 0) is 6.54 Å². The van der Waals surface area contributed by atoms with Gasteiger partial charge in [0.25, 0.3) is 0 Å². The Labute approximate surface area is 152 Å². The van der Waals surface area contributed by atoms with E-state index in [1.807, 2.05) is 36.4 Å². The number of ketones is 1. The monoisotopic (exact) mass is 348 g/mol. The largest absolute Gasteiger partial charge is 0.496 e. The summed E-state index contributed by atoms with van der Waals surface area (Å²) in [6.45, 7) is 2.12. The number of aromatic nitrogens is 2. The summed E-state index contributed by atoms with van der Waals surface area (Å²) in [6, 6.07) is 16.9. The standard InChI is InChI=1S/C20H20N4O2/c1-14(25)15-7-5-8-17(12-15)23-20-21-11-10-19(24-20)22-13-16-6-3-4-9-18(16)26-2/h3-12H,13H2,1-2H3,(H2,21,22,23,24). The van der Waals surface area contributed by atoms with Gasteiger partial charge in [-0.25, -0.2) is 4.98 Å². The first-order valence-corrected chi connectivity index (χ1v) is 8.22. The summed E-state index contributed by atoms with van der Waals surface area (Å²) < 4.78 is 5.35. The molecule has 132 valence electrons. The van der Waals surface area contributed by atoms with E-state index in [0.717, 1.165) is 17.0 Å². The fraction of sp³-hybridized carbons (Fsp3) is 0.150. The van der Waals surface area contributed by atoms with Gasteiger partial charge in [-0.1, -0.05) is 30.3 Å². The molecule has 0 fully saturated rings. The number of benzene rings is 2. The van der Waals surface area contributed by atoms with Crippen molar-refractivity contribution in [2.45, 2.75) is 13.5 Å². The molecule has 2 N–H and O–H groups in total. The smallest absolute Gasteiger partial charge is 0.229 e. The molecule has 6 heteroatoms. The number of rotatable bonds is 7. The zero-order valence-electron chi connectivity index (χ0n) is 14.7. The molecule has 0 aliphatic carbocycles. The summed E-state index contributed by atoms with van der Waals surface area (Å²) in [5.41, 5.74) is 2.44. The Bertz CT molecular complexity index is 912. The predicted octanol–water partition coefficient (Wildman–Crippen LogP) is 4.04. The third kappa shape index (κ3) is 4.36. The SMILES string of the molecule is COc1ccccc1CNc1ccnc(Nc2cccc(C(C)=O)c2)n1. The summed E-state index contributed by atoms with van der Waals surface area (Å²) in [4.78, 5) is 20.2. The number of hydrogen-bond donors (Lipinski definition) is 2. The van der Waals surface area contributed by atoms with Gasteiger partial charge >= 0.3 is 0 Å². The normalized spacial score (nSPS) is 10.2. The van der Waals surface area contributed by atoms with Gasteiger partial charge in [0.1, 0.15) is 11.6 Å². The van der Waals surface area contributed by atoms with Crippen LogP contribution in [0.1, 0.15) is 22.8 Å². The molecule has 3 rings (SSSR count). The third-order valence-corrected chi connectivity index (χ3v) is 3.83. The average molecular weight is 348 g/mol. The van der Waals surface area contributed by atoms with Crippen LogP contribution in [-0.4, -0.2) is 22.9 Å². The number of carbonyl (C=O) groups excluding carboxylic acids is 1. The first kappa shape index (κ1) is 17.4. The molecule has 3 aromatic rings. The lowest BCUT2D eigenvalue weighted by Gasteiger charge is -2.11. The molecule has 0 aliphatic heterocycles. The Morgan fingerprint density at radius 1 is 1.12 bits per heavy atom. The molecule has 0 aliphatic rings. The van der Waals surface area contributed by atoms with Crippen LogP contribution in [0.25, 0.3) is 0 Å². The van der Waals surface area contributed by atoms with Gasteiger partial charge in [-0.3, -0.25) is 4.79 Å². The summed E-state index contributed by atoms with van der Waals surface area (Å²) in [5.74, 6) is 1.99. The van der Waals surface area contributed by atoms with Crippen molar-refractivity contribution in [1.82, 2.24) is 9.97 Å². The molecule has 0 atom stereocenters. The second kappa shape index (κ2) is 8.11. The Kier molecular flexibility index (Phi) is 5.43. The van der Waals surface area contributed by atoms with Gasteiger partial charge in [-0.15, -0.1) is 0 Å². The van der Waals surface area contributed by atoms with Crippen LogP contribution in [0.3, 0.4) is 0 Å². The molecule has 1 aromatic heterocycles. The number of Topliss-reactive ketones (excluding diaryl/α,β-unsaturated/α-hetero) is 1. The van der Waals surface area contributed by atoms with Crippen LogP contribution < -0.4 is 15.4 Å². The topological polar surface area (TPSA) is 76.1 Å². The number of carbonyl (C=O) groups is 1. The van der Waals surface area contributed by atoms with Gasteiger partial charge in [0.05, 0.1) is 7.11 Å². The molecule has 0 unspecified atom stereocenters. The molecule has 0 saturated heterocycles. The summed E-state index contributed by atoms with van der Waals surface area (Å²) in [7, 11) is 1.65. The maximum atomic E-state index is 11.5. The fourth-order valence-electron chi connectivity index (χ4n) is 2.50. The van der Waals surface area contributed by atoms with Crippen LogP contribution >= 0.6 is 0 Å². The molecule has 0 amide bonds. The van der Waals surface area contributed by atoms with E-state index >= 15 is 0 Å². The second-order valence-electron chi connectivity index (χ2n) is 5.69. The Balaban J connectivity index is 1.70. The Morgan fingerprint density at radius 3 is 2.77 bits per heavy atom. The van der Waals surface area contributed by atoms with Gasteiger partial charge < -0.3 is 15.4 Å². The first-order chi connectivity index (χ1) is 12.7. The van der Waals surface area contributed by atoms with E-state index in [-0.39, 0.29) is 5.78 Å². The second-order valence-corrected chi connectivity index (χ2v) is 5.69. The number of nitrogens with zero attached hydrogens (tertiary/aromatic N) is 2. The lowest BCUT2D eigenvalue weighted by atomic mass is 10.1. The van der Waals surface area contributed by atoms with Crippen LogP contribution in [0.2, 0.25) is 0 Å². The highest BCUT2D eigenvalue weighted by Gasteiger charge is 2.05.